The van der Waals surface area contributed by atoms with Gasteiger partial charge in [-0.25, -0.2) is 17.5 Å². The van der Waals surface area contributed by atoms with Crippen LogP contribution < -0.4 is 4.72 Å². The Morgan fingerprint density at radius 3 is 2.70 bits per heavy atom. The van der Waals surface area contributed by atoms with Crippen LogP contribution in [0.1, 0.15) is 10.4 Å². The van der Waals surface area contributed by atoms with Gasteiger partial charge in [-0.1, -0.05) is 0 Å². The van der Waals surface area contributed by atoms with Crippen molar-refractivity contribution in [2.45, 2.75) is 18.0 Å². The number of thiophene rings is 1. The summed E-state index contributed by atoms with van der Waals surface area (Å²) in [5.74, 6) is -0.632. The topological polar surface area (TPSA) is 66.4 Å². The molecule has 2 aromatic rings. The van der Waals surface area contributed by atoms with Crippen LogP contribution in [0.3, 0.4) is 0 Å². The minimum absolute atomic E-state index is 0.0508. The van der Waals surface area contributed by atoms with E-state index in [1.165, 1.54) is 17.4 Å². The van der Waals surface area contributed by atoms with E-state index >= 15 is 0 Å². The third kappa shape index (κ3) is 3.44. The Morgan fingerprint density at radius 1 is 1.35 bits per heavy atom. The van der Waals surface area contributed by atoms with Crippen LogP contribution in [0.2, 0.25) is 0 Å². The van der Waals surface area contributed by atoms with Gasteiger partial charge in [0.2, 0.25) is 10.0 Å². The van der Waals surface area contributed by atoms with Crippen molar-refractivity contribution in [1.29, 1.82) is 0 Å². The number of hydrogen-bond donors (Lipinski definition) is 2. The van der Waals surface area contributed by atoms with Crippen LogP contribution in [-0.4, -0.2) is 13.5 Å². The first-order valence-corrected chi connectivity index (χ1v) is 8.70. The third-order valence-corrected chi connectivity index (χ3v) is 5.94. The molecule has 0 bridgehead atoms. The Bertz CT molecular complexity index is 715. The highest BCUT2D eigenvalue weighted by Gasteiger charge is 2.16. The van der Waals surface area contributed by atoms with E-state index in [1.54, 1.807) is 0 Å². The van der Waals surface area contributed by atoms with Gasteiger partial charge in [-0.15, -0.1) is 11.3 Å². The molecule has 4 nitrogen and oxygen atoms in total. The quantitative estimate of drug-likeness (QED) is 0.838. The molecular weight excluding hydrogens is 369 g/mol. The number of benzene rings is 1. The molecular formula is C12H11BrFNO3S2. The summed E-state index contributed by atoms with van der Waals surface area (Å²) < 4.78 is 40.7. The molecule has 0 aliphatic carbocycles. The zero-order chi connectivity index (χ0) is 14.8. The van der Waals surface area contributed by atoms with Crippen molar-refractivity contribution >= 4 is 37.3 Å². The number of nitrogens with one attached hydrogen (secondary N) is 1. The van der Waals surface area contributed by atoms with Crippen molar-refractivity contribution in [1.82, 2.24) is 4.72 Å². The second kappa shape index (κ2) is 6.31. The van der Waals surface area contributed by atoms with Crippen LogP contribution in [0.15, 0.2) is 39.0 Å². The summed E-state index contributed by atoms with van der Waals surface area (Å²) in [6.07, 6.45) is 0. The van der Waals surface area contributed by atoms with Gasteiger partial charge in [-0.3, -0.25) is 0 Å². The summed E-state index contributed by atoms with van der Waals surface area (Å²) in [7, 11) is -3.74. The fraction of sp³-hybridized carbons (Fsp3) is 0.167. The molecule has 0 atom stereocenters. The molecule has 0 aliphatic rings. The molecule has 8 heteroatoms. The zero-order valence-electron chi connectivity index (χ0n) is 10.1. The molecule has 2 rings (SSSR count). The fourth-order valence-corrected chi connectivity index (χ4v) is 4.10. The van der Waals surface area contributed by atoms with Crippen molar-refractivity contribution in [2.24, 2.45) is 0 Å². The van der Waals surface area contributed by atoms with Crippen LogP contribution in [0, 0.1) is 5.82 Å². The Kier molecular flexibility index (Phi) is 4.92. The fourth-order valence-electron chi connectivity index (χ4n) is 1.53. The summed E-state index contributed by atoms with van der Waals surface area (Å²) in [6.45, 7) is -0.405. The molecule has 1 heterocycles. The molecule has 0 unspecified atom stereocenters. The van der Waals surface area contributed by atoms with E-state index in [0.29, 0.717) is 0 Å². The predicted molar refractivity (Wildman–Crippen MR) is 78.4 cm³/mol. The van der Waals surface area contributed by atoms with Gasteiger partial charge in [-0.2, -0.15) is 0 Å². The maximum Gasteiger partial charge on any atom is 0.240 e. The van der Waals surface area contributed by atoms with Gasteiger partial charge in [0.15, 0.2) is 0 Å². The molecule has 2 N–H and O–H groups in total. The van der Waals surface area contributed by atoms with E-state index in [9.17, 15) is 12.8 Å². The van der Waals surface area contributed by atoms with Crippen LogP contribution in [0.4, 0.5) is 4.39 Å². The summed E-state index contributed by atoms with van der Waals surface area (Å²) in [6, 6.07) is 5.15. The zero-order valence-corrected chi connectivity index (χ0v) is 13.4. The lowest BCUT2D eigenvalue weighted by atomic mass is 10.2. The summed E-state index contributed by atoms with van der Waals surface area (Å²) >= 11 is 4.74. The average Bonchev–Trinajstić information content (AvgIpc) is 2.82. The first-order chi connectivity index (χ1) is 9.44. The molecule has 1 aromatic heterocycles. The van der Waals surface area contributed by atoms with Crippen molar-refractivity contribution in [3.05, 3.63) is 50.4 Å². The second-order valence-corrected chi connectivity index (χ2v) is 7.55. The maximum absolute atomic E-state index is 13.2. The van der Waals surface area contributed by atoms with Crippen molar-refractivity contribution in [2.75, 3.05) is 0 Å². The Morgan fingerprint density at radius 2 is 2.10 bits per heavy atom. The van der Waals surface area contributed by atoms with Gasteiger partial charge < -0.3 is 5.11 Å². The van der Waals surface area contributed by atoms with E-state index in [1.807, 2.05) is 11.4 Å². The van der Waals surface area contributed by atoms with E-state index in [0.717, 1.165) is 21.5 Å². The van der Waals surface area contributed by atoms with Gasteiger partial charge in [0.25, 0.3) is 0 Å². The van der Waals surface area contributed by atoms with Crippen molar-refractivity contribution in [3.8, 4) is 0 Å². The van der Waals surface area contributed by atoms with E-state index in [4.69, 9.17) is 5.11 Å². The maximum atomic E-state index is 13.2. The molecule has 0 saturated heterocycles. The number of aliphatic hydroxyl groups excluding tert-OH is 1. The Balaban J connectivity index is 2.20. The van der Waals surface area contributed by atoms with E-state index in [2.05, 4.69) is 20.7 Å². The Labute approximate surface area is 128 Å². The number of hydrogen-bond acceptors (Lipinski definition) is 4. The highest BCUT2D eigenvalue weighted by atomic mass is 79.9. The minimum atomic E-state index is -3.74. The second-order valence-electron chi connectivity index (χ2n) is 3.93. The summed E-state index contributed by atoms with van der Waals surface area (Å²) in [5, 5.41) is 10.8. The number of sulfonamides is 1. The Hall–Kier alpha value is -0.800. The smallest absolute Gasteiger partial charge is 0.240 e. The monoisotopic (exact) mass is 379 g/mol. The normalized spacial score (nSPS) is 11.8. The van der Waals surface area contributed by atoms with Gasteiger partial charge in [0, 0.05) is 21.5 Å². The van der Waals surface area contributed by atoms with E-state index < -0.39 is 22.4 Å². The van der Waals surface area contributed by atoms with Gasteiger partial charge in [0.1, 0.15) is 5.82 Å². The number of halogens is 2. The number of aliphatic hydroxyl groups is 1. The van der Waals surface area contributed by atoms with Crippen LogP contribution in [-0.2, 0) is 23.2 Å². The largest absolute Gasteiger partial charge is 0.392 e. The van der Waals surface area contributed by atoms with Gasteiger partial charge in [-0.05, 0) is 45.6 Å². The lowest BCUT2D eigenvalue weighted by Gasteiger charge is -2.08. The predicted octanol–water partition coefficient (Wildman–Crippen LogP) is 2.62. The molecule has 0 radical (unpaired) electrons. The van der Waals surface area contributed by atoms with Gasteiger partial charge >= 0.3 is 0 Å². The molecule has 108 valence electrons. The molecule has 0 saturated carbocycles. The highest BCUT2D eigenvalue weighted by Crippen LogP contribution is 2.23. The third-order valence-electron chi connectivity index (χ3n) is 2.61. The average molecular weight is 380 g/mol. The summed E-state index contributed by atoms with van der Waals surface area (Å²) in [4.78, 5) is 0.772. The highest BCUT2D eigenvalue weighted by molar-refractivity contribution is 9.10. The van der Waals surface area contributed by atoms with Gasteiger partial charge in [0.05, 0.1) is 11.5 Å². The molecule has 0 fully saturated rings. The van der Waals surface area contributed by atoms with E-state index in [-0.39, 0.29) is 17.0 Å². The van der Waals surface area contributed by atoms with Crippen LogP contribution in [0.5, 0.6) is 0 Å². The molecule has 1 aromatic carbocycles. The lowest BCUT2D eigenvalue weighted by Crippen LogP contribution is -2.23. The van der Waals surface area contributed by atoms with Crippen LogP contribution in [0.25, 0.3) is 0 Å². The van der Waals surface area contributed by atoms with Crippen molar-refractivity contribution in [3.63, 3.8) is 0 Å². The molecule has 0 aliphatic heterocycles. The first kappa shape index (κ1) is 15.6. The van der Waals surface area contributed by atoms with Crippen LogP contribution >= 0.6 is 27.3 Å². The lowest BCUT2D eigenvalue weighted by molar-refractivity contribution is 0.275. The minimum Gasteiger partial charge on any atom is -0.392 e. The molecule has 0 amide bonds. The summed E-state index contributed by atoms with van der Waals surface area (Å²) in [5.41, 5.74) is -0.0508. The molecule has 20 heavy (non-hydrogen) atoms. The SMILES string of the molecule is O=S(=O)(NCc1sccc1Br)c1ccc(F)c(CO)c1. The van der Waals surface area contributed by atoms with Crippen molar-refractivity contribution < 1.29 is 17.9 Å². The first-order valence-electron chi connectivity index (χ1n) is 5.55. The molecule has 0 spiro atoms. The standard InChI is InChI=1S/C12H11BrFNO3S2/c13-10-3-4-19-12(10)6-15-20(17,18)9-1-2-11(14)8(5-9)7-16/h1-5,15-16H,6-7H2. The number of rotatable bonds is 5.